The van der Waals surface area contributed by atoms with Gasteiger partial charge in [0.05, 0.1) is 13.2 Å². The van der Waals surface area contributed by atoms with E-state index in [0.29, 0.717) is 6.04 Å². The lowest BCUT2D eigenvalue weighted by Gasteiger charge is -2.11. The molecule has 0 unspecified atom stereocenters. The average Bonchev–Trinajstić information content (AvgIpc) is 3.44. The Kier molecular flexibility index (Phi) is 7.31. The highest BCUT2D eigenvalue weighted by molar-refractivity contribution is 6.09. The third-order valence-corrected chi connectivity index (χ3v) is 7.23. The standard InChI is InChI=1S/C17H19NO.C16H17NO/c1-2-3-10-18-16-7-5-4-6-14(16)15-11-13(12-19)8-9-17(15)18;1-11(2)17-15-6-4-3-5-13(15)14-9-12(10-18)7-8-16(14)17/h4-9,11,19H,2-3,10,12H2,1H3;3-9,11,18H,10H2,1-2H3. The second-order valence-electron chi connectivity index (χ2n) is 10.0. The largest absolute Gasteiger partial charge is 0.392 e. The van der Waals surface area contributed by atoms with Gasteiger partial charge in [-0.15, -0.1) is 0 Å². The van der Waals surface area contributed by atoms with Gasteiger partial charge < -0.3 is 19.3 Å². The van der Waals surface area contributed by atoms with E-state index in [1.165, 1.54) is 56.5 Å². The summed E-state index contributed by atoms with van der Waals surface area (Å²) >= 11 is 0. The van der Waals surface area contributed by atoms with Gasteiger partial charge in [0.15, 0.2) is 0 Å². The number of aliphatic hydroxyl groups is 2. The van der Waals surface area contributed by atoms with Crippen molar-refractivity contribution < 1.29 is 10.2 Å². The maximum absolute atomic E-state index is 9.31. The smallest absolute Gasteiger partial charge is 0.0682 e. The summed E-state index contributed by atoms with van der Waals surface area (Å²) in [4.78, 5) is 0. The second kappa shape index (κ2) is 10.8. The molecule has 0 fully saturated rings. The second-order valence-corrected chi connectivity index (χ2v) is 10.0. The Bertz CT molecular complexity index is 1670. The summed E-state index contributed by atoms with van der Waals surface area (Å²) in [5.41, 5.74) is 7.01. The van der Waals surface area contributed by atoms with Crippen molar-refractivity contribution in [3.63, 3.8) is 0 Å². The van der Waals surface area contributed by atoms with Crippen LogP contribution in [-0.2, 0) is 19.8 Å². The van der Waals surface area contributed by atoms with E-state index in [9.17, 15) is 10.2 Å². The van der Waals surface area contributed by atoms with Gasteiger partial charge in [0, 0.05) is 56.2 Å². The van der Waals surface area contributed by atoms with Crippen LogP contribution in [0.15, 0.2) is 84.9 Å². The molecule has 0 amide bonds. The number of fused-ring (bicyclic) bond motifs is 6. The van der Waals surface area contributed by atoms with Gasteiger partial charge in [-0.3, -0.25) is 0 Å². The lowest BCUT2D eigenvalue weighted by Crippen LogP contribution is -1.99. The molecule has 0 aliphatic heterocycles. The van der Waals surface area contributed by atoms with E-state index in [2.05, 4.69) is 103 Å². The Balaban J connectivity index is 0.000000152. The van der Waals surface area contributed by atoms with Crippen molar-refractivity contribution in [1.29, 1.82) is 0 Å². The first-order valence-corrected chi connectivity index (χ1v) is 13.3. The van der Waals surface area contributed by atoms with Crippen LogP contribution in [-0.4, -0.2) is 19.3 Å². The minimum Gasteiger partial charge on any atom is -0.392 e. The van der Waals surface area contributed by atoms with E-state index in [0.717, 1.165) is 17.7 Å². The molecule has 37 heavy (non-hydrogen) atoms. The highest BCUT2D eigenvalue weighted by Gasteiger charge is 2.12. The Morgan fingerprint density at radius 1 is 0.622 bits per heavy atom. The van der Waals surface area contributed by atoms with Crippen molar-refractivity contribution >= 4 is 43.6 Å². The SMILES string of the molecule is CC(C)n1c2ccccc2c2cc(CO)ccc21.CCCCn1c2ccccc2c2cc(CO)ccc21. The van der Waals surface area contributed by atoms with Crippen molar-refractivity contribution in [1.82, 2.24) is 9.13 Å². The number of aromatic nitrogens is 2. The topological polar surface area (TPSA) is 50.3 Å². The van der Waals surface area contributed by atoms with Crippen LogP contribution in [0.2, 0.25) is 0 Å². The zero-order valence-electron chi connectivity index (χ0n) is 22.0. The molecule has 0 spiro atoms. The predicted octanol–water partition coefficient (Wildman–Crippen LogP) is 7.95. The fourth-order valence-electron chi connectivity index (χ4n) is 5.46. The summed E-state index contributed by atoms with van der Waals surface area (Å²) in [6.07, 6.45) is 2.39. The quantitative estimate of drug-likeness (QED) is 0.248. The molecule has 6 rings (SSSR count). The summed E-state index contributed by atoms with van der Waals surface area (Å²) in [6, 6.07) is 29.9. The molecule has 0 atom stereocenters. The van der Waals surface area contributed by atoms with E-state index in [4.69, 9.17) is 0 Å². The van der Waals surface area contributed by atoms with Gasteiger partial charge in [0.25, 0.3) is 0 Å². The average molecular weight is 493 g/mol. The number of aryl methyl sites for hydroxylation is 1. The molecule has 0 aliphatic rings. The molecule has 4 nitrogen and oxygen atoms in total. The van der Waals surface area contributed by atoms with Crippen LogP contribution >= 0.6 is 0 Å². The van der Waals surface area contributed by atoms with Crippen LogP contribution in [0.25, 0.3) is 43.6 Å². The molecule has 0 radical (unpaired) electrons. The fourth-order valence-corrected chi connectivity index (χ4v) is 5.46. The maximum atomic E-state index is 9.31. The van der Waals surface area contributed by atoms with Crippen LogP contribution < -0.4 is 0 Å². The van der Waals surface area contributed by atoms with Crippen LogP contribution in [0.4, 0.5) is 0 Å². The summed E-state index contributed by atoms with van der Waals surface area (Å²) in [6.45, 7) is 7.87. The van der Waals surface area contributed by atoms with Crippen LogP contribution in [0.1, 0.15) is 50.8 Å². The number of rotatable bonds is 6. The molecule has 190 valence electrons. The molecule has 4 heteroatoms. The molecule has 0 aliphatic carbocycles. The van der Waals surface area contributed by atoms with Gasteiger partial charge in [0.1, 0.15) is 0 Å². The number of hydrogen-bond acceptors (Lipinski definition) is 2. The van der Waals surface area contributed by atoms with Crippen molar-refractivity contribution in [3.05, 3.63) is 96.1 Å². The highest BCUT2D eigenvalue weighted by Crippen LogP contribution is 2.32. The van der Waals surface area contributed by atoms with Crippen molar-refractivity contribution in [2.75, 3.05) is 0 Å². The van der Waals surface area contributed by atoms with Crippen molar-refractivity contribution in [2.24, 2.45) is 0 Å². The molecular formula is C33H36N2O2. The maximum Gasteiger partial charge on any atom is 0.0682 e. The van der Waals surface area contributed by atoms with Gasteiger partial charge in [0.2, 0.25) is 0 Å². The molecular weight excluding hydrogens is 456 g/mol. The number of unbranched alkanes of at least 4 members (excludes halogenated alkanes) is 1. The summed E-state index contributed by atoms with van der Waals surface area (Å²) < 4.78 is 4.75. The number of para-hydroxylation sites is 2. The molecule has 6 aromatic rings. The number of aliphatic hydroxyl groups excluding tert-OH is 2. The van der Waals surface area contributed by atoms with Gasteiger partial charge in [-0.2, -0.15) is 0 Å². The van der Waals surface area contributed by atoms with Crippen LogP contribution in [0.5, 0.6) is 0 Å². The summed E-state index contributed by atoms with van der Waals surface area (Å²) in [5.74, 6) is 0. The Morgan fingerprint density at radius 2 is 1.11 bits per heavy atom. The van der Waals surface area contributed by atoms with E-state index in [-0.39, 0.29) is 13.2 Å². The summed E-state index contributed by atoms with van der Waals surface area (Å²) in [7, 11) is 0. The minimum atomic E-state index is 0.0944. The monoisotopic (exact) mass is 492 g/mol. The third kappa shape index (κ3) is 4.63. The van der Waals surface area contributed by atoms with Gasteiger partial charge in [-0.1, -0.05) is 61.9 Å². The van der Waals surface area contributed by atoms with Crippen molar-refractivity contribution in [2.45, 2.75) is 59.4 Å². The van der Waals surface area contributed by atoms with Gasteiger partial charge in [-0.05, 0) is 67.8 Å². The normalized spacial score (nSPS) is 11.6. The van der Waals surface area contributed by atoms with Crippen LogP contribution in [0, 0.1) is 0 Å². The molecule has 0 bridgehead atoms. The predicted molar refractivity (Wildman–Crippen MR) is 156 cm³/mol. The zero-order chi connectivity index (χ0) is 25.9. The molecule has 2 N–H and O–H groups in total. The van der Waals surface area contributed by atoms with E-state index < -0.39 is 0 Å². The molecule has 2 aromatic heterocycles. The Morgan fingerprint density at radius 3 is 1.70 bits per heavy atom. The van der Waals surface area contributed by atoms with Crippen LogP contribution in [0.3, 0.4) is 0 Å². The number of hydrogen-bond donors (Lipinski definition) is 2. The molecule has 4 aromatic carbocycles. The van der Waals surface area contributed by atoms with Gasteiger partial charge in [-0.25, -0.2) is 0 Å². The first-order chi connectivity index (χ1) is 18.1. The lowest BCUT2D eigenvalue weighted by atomic mass is 10.1. The summed E-state index contributed by atoms with van der Waals surface area (Å²) in [5, 5.41) is 23.6. The van der Waals surface area contributed by atoms with E-state index >= 15 is 0 Å². The first kappa shape index (κ1) is 25.1. The Hall–Kier alpha value is -3.60. The van der Waals surface area contributed by atoms with Gasteiger partial charge >= 0.3 is 0 Å². The first-order valence-electron chi connectivity index (χ1n) is 13.3. The zero-order valence-corrected chi connectivity index (χ0v) is 22.0. The fraction of sp³-hybridized carbons (Fsp3) is 0.273. The third-order valence-electron chi connectivity index (χ3n) is 7.23. The Labute approximate surface area is 218 Å². The molecule has 0 saturated heterocycles. The molecule has 0 saturated carbocycles. The number of nitrogens with zero attached hydrogens (tertiary/aromatic N) is 2. The highest BCUT2D eigenvalue weighted by atomic mass is 16.3. The van der Waals surface area contributed by atoms with E-state index in [1.54, 1.807) is 0 Å². The van der Waals surface area contributed by atoms with E-state index in [1.807, 2.05) is 12.1 Å². The molecule has 2 heterocycles. The minimum absolute atomic E-state index is 0.0944. The number of benzene rings is 4. The van der Waals surface area contributed by atoms with Crippen molar-refractivity contribution in [3.8, 4) is 0 Å². The lowest BCUT2D eigenvalue weighted by molar-refractivity contribution is 0.282.